The van der Waals surface area contributed by atoms with Gasteiger partial charge in [-0.25, -0.2) is 21.6 Å². The summed E-state index contributed by atoms with van der Waals surface area (Å²) in [5.41, 5.74) is 0.00130. The van der Waals surface area contributed by atoms with Crippen molar-refractivity contribution in [2.45, 2.75) is 41.8 Å². The molecule has 1 aliphatic rings. The van der Waals surface area contributed by atoms with E-state index in [4.69, 9.17) is 0 Å². The first-order chi connectivity index (χ1) is 13.9. The molecule has 30 heavy (non-hydrogen) atoms. The van der Waals surface area contributed by atoms with Gasteiger partial charge in [0.05, 0.1) is 15.4 Å². The second kappa shape index (κ2) is 8.29. The molecule has 0 amide bonds. The first-order valence-electron chi connectivity index (χ1n) is 9.16. The number of alkyl halides is 3. The van der Waals surface area contributed by atoms with Crippen molar-refractivity contribution >= 4 is 20.0 Å². The third-order valence-corrected chi connectivity index (χ3v) is 8.38. The zero-order valence-corrected chi connectivity index (χ0v) is 17.7. The highest BCUT2D eigenvalue weighted by molar-refractivity contribution is 7.89. The zero-order valence-electron chi connectivity index (χ0n) is 16.1. The minimum Gasteiger partial charge on any atom is -0.208 e. The molecule has 2 aromatic rings. The van der Waals surface area contributed by atoms with Crippen molar-refractivity contribution in [3.63, 3.8) is 0 Å². The van der Waals surface area contributed by atoms with Crippen LogP contribution in [0.5, 0.6) is 0 Å². The van der Waals surface area contributed by atoms with Gasteiger partial charge in [-0.05, 0) is 56.2 Å². The van der Waals surface area contributed by atoms with Crippen LogP contribution in [0.25, 0.3) is 0 Å². The van der Waals surface area contributed by atoms with E-state index in [0.717, 1.165) is 17.7 Å². The van der Waals surface area contributed by atoms with Gasteiger partial charge in [0.1, 0.15) is 0 Å². The molecule has 1 saturated heterocycles. The second-order valence-electron chi connectivity index (χ2n) is 7.13. The minimum absolute atomic E-state index is 0.135. The van der Waals surface area contributed by atoms with Crippen molar-refractivity contribution in [1.29, 1.82) is 0 Å². The topological polar surface area (TPSA) is 83.6 Å². The molecule has 11 heteroatoms. The second-order valence-corrected chi connectivity index (χ2v) is 10.8. The maximum atomic E-state index is 12.7. The number of halogens is 3. The summed E-state index contributed by atoms with van der Waals surface area (Å²) in [6, 6.07) is 9.20. The van der Waals surface area contributed by atoms with Crippen LogP contribution in [0.15, 0.2) is 58.3 Å². The van der Waals surface area contributed by atoms with Gasteiger partial charge in [0.25, 0.3) is 0 Å². The number of aryl methyl sites for hydroxylation is 1. The van der Waals surface area contributed by atoms with Crippen molar-refractivity contribution in [3.05, 3.63) is 59.7 Å². The van der Waals surface area contributed by atoms with Crippen LogP contribution in [0.3, 0.4) is 0 Å². The fourth-order valence-electron chi connectivity index (χ4n) is 3.18. The molecule has 164 valence electrons. The molecule has 1 fully saturated rings. The van der Waals surface area contributed by atoms with Crippen LogP contribution in [0, 0.1) is 6.92 Å². The third kappa shape index (κ3) is 5.02. The van der Waals surface area contributed by atoms with E-state index < -0.39 is 37.8 Å². The van der Waals surface area contributed by atoms with Gasteiger partial charge in [-0.1, -0.05) is 17.7 Å². The molecule has 6 nitrogen and oxygen atoms in total. The summed E-state index contributed by atoms with van der Waals surface area (Å²) in [5.74, 6) is 0. The average molecular weight is 463 g/mol. The molecule has 1 aliphatic heterocycles. The molecule has 0 spiro atoms. The van der Waals surface area contributed by atoms with E-state index in [1.807, 2.05) is 6.92 Å². The predicted molar refractivity (Wildman–Crippen MR) is 105 cm³/mol. The van der Waals surface area contributed by atoms with E-state index in [9.17, 15) is 30.0 Å². The molecule has 0 bridgehead atoms. The van der Waals surface area contributed by atoms with Crippen LogP contribution in [-0.2, 0) is 26.2 Å². The normalized spacial score (nSPS) is 17.2. The Hall–Kier alpha value is -1.95. The summed E-state index contributed by atoms with van der Waals surface area (Å²) in [7, 11) is -7.68. The number of sulfonamides is 2. The molecule has 2 aromatic carbocycles. The number of benzene rings is 2. The Kier molecular flexibility index (Phi) is 6.28. The van der Waals surface area contributed by atoms with Crippen molar-refractivity contribution < 1.29 is 30.0 Å². The molecule has 0 aliphatic carbocycles. The molecular formula is C19H21F3N2O4S2. The van der Waals surface area contributed by atoms with Crippen molar-refractivity contribution in [2.75, 3.05) is 13.1 Å². The van der Waals surface area contributed by atoms with Crippen LogP contribution >= 0.6 is 0 Å². The van der Waals surface area contributed by atoms with Crippen molar-refractivity contribution in [1.82, 2.24) is 9.03 Å². The van der Waals surface area contributed by atoms with Gasteiger partial charge < -0.3 is 0 Å². The van der Waals surface area contributed by atoms with Crippen molar-refractivity contribution in [2.24, 2.45) is 0 Å². The fraction of sp³-hybridized carbons (Fsp3) is 0.368. The van der Waals surface area contributed by atoms with Crippen LogP contribution in [0.2, 0.25) is 0 Å². The molecule has 0 aromatic heterocycles. The summed E-state index contributed by atoms with van der Waals surface area (Å²) >= 11 is 0. The highest BCUT2D eigenvalue weighted by Gasteiger charge is 2.33. The Labute approximate surface area is 173 Å². The number of rotatable bonds is 5. The highest BCUT2D eigenvalue weighted by atomic mass is 32.2. The molecule has 1 N–H and O–H groups in total. The number of nitrogens with one attached hydrogen (secondary N) is 1. The maximum Gasteiger partial charge on any atom is 0.416 e. The summed E-state index contributed by atoms with van der Waals surface area (Å²) in [6.07, 6.45) is -4.04. The number of hydrogen-bond donors (Lipinski definition) is 1. The summed E-state index contributed by atoms with van der Waals surface area (Å²) in [4.78, 5) is -0.0953. The Balaban J connectivity index is 1.64. The number of piperidine rings is 1. The maximum absolute atomic E-state index is 12.7. The molecular weight excluding hydrogens is 441 g/mol. The SMILES string of the molecule is Cc1ccc(S(=O)(=O)N2CCC(NS(=O)(=O)c3ccc(C(F)(F)F)cc3)CC2)cc1. The predicted octanol–water partition coefficient (Wildman–Crippen LogP) is 3.15. The molecule has 0 saturated carbocycles. The molecule has 1 heterocycles. The van der Waals surface area contributed by atoms with E-state index in [-0.39, 0.29) is 35.7 Å². The number of hydrogen-bond acceptors (Lipinski definition) is 4. The minimum atomic E-state index is -4.55. The quantitative estimate of drug-likeness (QED) is 0.740. The molecule has 0 unspecified atom stereocenters. The highest BCUT2D eigenvalue weighted by Crippen LogP contribution is 2.30. The van der Waals surface area contributed by atoms with Crippen LogP contribution in [0.4, 0.5) is 13.2 Å². The van der Waals surface area contributed by atoms with E-state index in [0.29, 0.717) is 12.1 Å². The summed E-state index contributed by atoms with van der Waals surface area (Å²) < 4.78 is 92.1. The standard InChI is InChI=1S/C19H21F3N2O4S2/c1-14-2-6-18(7-3-14)30(27,28)24-12-10-16(11-13-24)23-29(25,26)17-8-4-15(5-9-17)19(20,21)22/h2-9,16,23H,10-13H2,1H3. The fourth-order valence-corrected chi connectivity index (χ4v) is 5.96. The van der Waals surface area contributed by atoms with Gasteiger partial charge in [0.2, 0.25) is 20.0 Å². The first-order valence-corrected chi connectivity index (χ1v) is 12.1. The van der Waals surface area contributed by atoms with Crippen LogP contribution in [0.1, 0.15) is 24.0 Å². The van der Waals surface area contributed by atoms with Crippen LogP contribution < -0.4 is 4.72 Å². The Bertz CT molecular complexity index is 1090. The lowest BCUT2D eigenvalue weighted by Gasteiger charge is -2.31. The average Bonchev–Trinajstić information content (AvgIpc) is 2.68. The summed E-state index contributed by atoms with van der Waals surface area (Å²) in [6.45, 7) is 2.12. The van der Waals surface area contributed by atoms with Crippen molar-refractivity contribution in [3.8, 4) is 0 Å². The zero-order chi connectivity index (χ0) is 22.2. The van der Waals surface area contributed by atoms with E-state index in [1.165, 1.54) is 16.4 Å². The van der Waals surface area contributed by atoms with Gasteiger partial charge in [0.15, 0.2) is 0 Å². The lowest BCUT2D eigenvalue weighted by Crippen LogP contribution is -2.46. The Morgan fingerprint density at radius 2 is 1.37 bits per heavy atom. The lowest BCUT2D eigenvalue weighted by atomic mass is 10.1. The van der Waals surface area contributed by atoms with Gasteiger partial charge in [-0.2, -0.15) is 17.5 Å². The van der Waals surface area contributed by atoms with E-state index >= 15 is 0 Å². The Morgan fingerprint density at radius 3 is 1.87 bits per heavy atom. The Morgan fingerprint density at radius 1 is 0.867 bits per heavy atom. The van der Waals surface area contributed by atoms with Gasteiger partial charge in [-0.3, -0.25) is 0 Å². The van der Waals surface area contributed by atoms with E-state index in [1.54, 1.807) is 12.1 Å². The van der Waals surface area contributed by atoms with Gasteiger partial charge in [-0.15, -0.1) is 0 Å². The molecule has 0 radical (unpaired) electrons. The number of nitrogens with zero attached hydrogens (tertiary/aromatic N) is 1. The monoisotopic (exact) mass is 462 g/mol. The molecule has 3 rings (SSSR count). The smallest absolute Gasteiger partial charge is 0.208 e. The third-order valence-electron chi connectivity index (χ3n) is 4.93. The largest absolute Gasteiger partial charge is 0.416 e. The summed E-state index contributed by atoms with van der Waals surface area (Å²) in [5, 5.41) is 0. The van der Waals surface area contributed by atoms with Crippen LogP contribution in [-0.4, -0.2) is 40.3 Å². The lowest BCUT2D eigenvalue weighted by molar-refractivity contribution is -0.137. The van der Waals surface area contributed by atoms with E-state index in [2.05, 4.69) is 4.72 Å². The van der Waals surface area contributed by atoms with Gasteiger partial charge >= 0.3 is 6.18 Å². The first kappa shape index (κ1) is 22.7. The van der Waals surface area contributed by atoms with Gasteiger partial charge in [0, 0.05) is 19.1 Å². The molecule has 0 atom stereocenters.